The van der Waals surface area contributed by atoms with Crippen LogP contribution in [0.15, 0.2) is 93.1 Å². The first-order chi connectivity index (χ1) is 21.5. The normalized spacial score (nSPS) is 11.3. The Bertz CT molecular complexity index is 1840. The number of halogens is 2. The van der Waals surface area contributed by atoms with Crippen LogP contribution in [0, 0.1) is 0 Å². The second kappa shape index (κ2) is 14.0. The Morgan fingerprint density at radius 3 is 2.22 bits per heavy atom. The first kappa shape index (κ1) is 32.5. The first-order valence-electron chi connectivity index (χ1n) is 14.7. The largest absolute Gasteiger partial charge is 0.455 e. The molecule has 2 N–H and O–H groups in total. The maximum atomic E-state index is 13.3. The summed E-state index contributed by atoms with van der Waals surface area (Å²) < 4.78 is 12.1. The lowest BCUT2D eigenvalue weighted by Crippen LogP contribution is -2.35. The van der Waals surface area contributed by atoms with Crippen LogP contribution in [0.5, 0.6) is 11.5 Å². The third-order valence-corrected chi connectivity index (χ3v) is 8.85. The quantitative estimate of drug-likeness (QED) is 0.164. The third-order valence-electron chi connectivity index (χ3n) is 7.32. The molecule has 0 spiro atoms. The molecule has 0 atom stereocenters. The molecule has 4 aromatic carbocycles. The highest BCUT2D eigenvalue weighted by atomic mass is 35.5. The van der Waals surface area contributed by atoms with Gasteiger partial charge in [0.1, 0.15) is 17.1 Å². The van der Waals surface area contributed by atoms with E-state index in [0.29, 0.717) is 39.8 Å². The number of benzene rings is 4. The van der Waals surface area contributed by atoms with Gasteiger partial charge in [-0.3, -0.25) is 10.1 Å². The number of aryl methyl sites for hydroxylation is 1. The van der Waals surface area contributed by atoms with Crippen LogP contribution in [-0.2, 0) is 6.42 Å². The zero-order valence-electron chi connectivity index (χ0n) is 25.7. The summed E-state index contributed by atoms with van der Waals surface area (Å²) in [4.78, 5) is 28.3. The molecule has 1 aromatic heterocycles. The van der Waals surface area contributed by atoms with Gasteiger partial charge in [0.15, 0.2) is 5.22 Å². The van der Waals surface area contributed by atoms with Crippen LogP contribution in [0.1, 0.15) is 73.5 Å². The Hall–Kier alpha value is -3.91. The molecule has 5 aromatic rings. The van der Waals surface area contributed by atoms with E-state index in [4.69, 9.17) is 32.4 Å². The summed E-state index contributed by atoms with van der Waals surface area (Å²) in [6.45, 7) is 10.1. The molecule has 5 rings (SSSR count). The Morgan fingerprint density at radius 1 is 0.889 bits per heavy atom. The van der Waals surface area contributed by atoms with Crippen molar-refractivity contribution in [3.05, 3.63) is 111 Å². The summed E-state index contributed by atoms with van der Waals surface area (Å²) in [7, 11) is 0. The van der Waals surface area contributed by atoms with Gasteiger partial charge in [-0.15, -0.1) is 0 Å². The van der Waals surface area contributed by atoms with Crippen molar-refractivity contribution in [2.75, 3.05) is 5.32 Å². The number of imide groups is 1. The van der Waals surface area contributed by atoms with Gasteiger partial charge in [-0.05, 0) is 76.9 Å². The molecule has 45 heavy (non-hydrogen) atoms. The number of carbonyl (C=O) groups is 2. The number of carbonyl (C=O) groups excluding carboxylic acids is 2. The zero-order valence-corrected chi connectivity index (χ0v) is 28.0. The van der Waals surface area contributed by atoms with Crippen molar-refractivity contribution in [1.29, 1.82) is 0 Å². The Labute approximate surface area is 277 Å². The van der Waals surface area contributed by atoms with E-state index in [-0.39, 0.29) is 17.1 Å². The van der Waals surface area contributed by atoms with Gasteiger partial charge < -0.3 is 14.5 Å². The van der Waals surface area contributed by atoms with Crippen molar-refractivity contribution >= 4 is 63.6 Å². The fraction of sp³-hybridized carbons (Fsp3) is 0.222. The van der Waals surface area contributed by atoms with Crippen LogP contribution >= 0.6 is 35.0 Å². The number of hydrogen-bond acceptors (Lipinski definition) is 5. The summed E-state index contributed by atoms with van der Waals surface area (Å²) in [6, 6.07) is 24.0. The third kappa shape index (κ3) is 7.50. The molecule has 6 nitrogen and oxygen atoms in total. The van der Waals surface area contributed by atoms with Crippen LogP contribution in [0.3, 0.4) is 0 Å². The SMILES string of the molecule is CCc1cc(NC(=O)NC(=O)c2c(C(C)C)cccc2C(C)C)cc(Cl)c1Oc1cc(Sc2ccccc2)c2cc(Cl)oc2c1. The van der Waals surface area contributed by atoms with Crippen molar-refractivity contribution in [3.63, 3.8) is 0 Å². The van der Waals surface area contributed by atoms with E-state index < -0.39 is 11.9 Å². The van der Waals surface area contributed by atoms with Crippen molar-refractivity contribution in [3.8, 4) is 11.5 Å². The number of furan rings is 1. The molecule has 0 aliphatic carbocycles. The minimum atomic E-state index is -0.650. The molecular formula is C36H34Cl2N2O4S. The van der Waals surface area contributed by atoms with Crippen molar-refractivity contribution in [2.24, 2.45) is 0 Å². The van der Waals surface area contributed by atoms with E-state index >= 15 is 0 Å². The van der Waals surface area contributed by atoms with E-state index in [0.717, 1.165) is 31.9 Å². The minimum Gasteiger partial charge on any atom is -0.455 e. The maximum Gasteiger partial charge on any atom is 0.326 e. The molecule has 0 saturated heterocycles. The maximum absolute atomic E-state index is 13.3. The highest BCUT2D eigenvalue weighted by molar-refractivity contribution is 7.99. The number of urea groups is 1. The summed E-state index contributed by atoms with van der Waals surface area (Å²) in [5, 5.41) is 6.73. The van der Waals surface area contributed by atoms with E-state index in [1.54, 1.807) is 36.0 Å². The molecule has 0 aliphatic heterocycles. The average Bonchev–Trinajstić information content (AvgIpc) is 3.38. The lowest BCUT2D eigenvalue weighted by molar-refractivity contribution is 0.0964. The highest BCUT2D eigenvalue weighted by Gasteiger charge is 2.22. The van der Waals surface area contributed by atoms with Crippen molar-refractivity contribution < 1.29 is 18.7 Å². The van der Waals surface area contributed by atoms with Crippen molar-refractivity contribution in [2.45, 2.75) is 62.7 Å². The summed E-state index contributed by atoms with van der Waals surface area (Å²) >= 11 is 14.5. The number of fused-ring (bicyclic) bond motifs is 1. The van der Waals surface area contributed by atoms with Crippen LogP contribution < -0.4 is 15.4 Å². The van der Waals surface area contributed by atoms with Crippen LogP contribution in [0.2, 0.25) is 10.2 Å². The molecule has 0 unspecified atom stereocenters. The minimum absolute atomic E-state index is 0.115. The smallest absolute Gasteiger partial charge is 0.326 e. The zero-order chi connectivity index (χ0) is 32.2. The van der Waals surface area contributed by atoms with Gasteiger partial charge in [-0.25, -0.2) is 4.79 Å². The van der Waals surface area contributed by atoms with Crippen LogP contribution in [-0.4, -0.2) is 11.9 Å². The van der Waals surface area contributed by atoms with E-state index in [9.17, 15) is 9.59 Å². The molecule has 0 radical (unpaired) electrons. The highest BCUT2D eigenvalue weighted by Crippen LogP contribution is 2.42. The molecule has 0 fully saturated rings. The predicted octanol–water partition coefficient (Wildman–Crippen LogP) is 11.5. The number of anilines is 1. The standard InChI is InChI=1S/C36H34Cl2N2O4S/c1-6-22-15-23(39-36(42)40-35(41)33-26(20(2)3)13-10-14-27(33)21(4)5)16-29(37)34(22)43-24-17-30-28(19-32(38)44-30)31(18-24)45-25-11-8-7-9-12-25/h7-21H,6H2,1-5H3,(H2,39,40,41,42). The Balaban J connectivity index is 1.38. The Morgan fingerprint density at radius 2 is 1.58 bits per heavy atom. The Kier molecular flexibility index (Phi) is 10.1. The van der Waals surface area contributed by atoms with Gasteiger partial charge in [0.05, 0.1) is 5.02 Å². The summed E-state index contributed by atoms with van der Waals surface area (Å²) in [6.07, 6.45) is 0.574. The number of ether oxygens (including phenoxy) is 1. The monoisotopic (exact) mass is 660 g/mol. The van der Waals surface area contributed by atoms with Gasteiger partial charge in [0.2, 0.25) is 0 Å². The summed E-state index contributed by atoms with van der Waals surface area (Å²) in [5.41, 5.74) is 4.11. The molecule has 3 amide bonds. The van der Waals surface area contributed by atoms with E-state index in [2.05, 4.69) is 10.6 Å². The molecule has 9 heteroatoms. The average molecular weight is 662 g/mol. The van der Waals surface area contributed by atoms with E-state index in [1.807, 2.05) is 89.2 Å². The number of hydrogen-bond donors (Lipinski definition) is 2. The molecule has 0 bridgehead atoms. The van der Waals surface area contributed by atoms with Gasteiger partial charge in [-0.1, -0.05) is 94.4 Å². The molecule has 0 aliphatic rings. The fourth-order valence-corrected chi connectivity index (χ4v) is 6.63. The lowest BCUT2D eigenvalue weighted by atomic mass is 9.88. The number of amides is 3. The number of nitrogens with one attached hydrogen (secondary N) is 2. The first-order valence-corrected chi connectivity index (χ1v) is 16.3. The van der Waals surface area contributed by atoms with Gasteiger partial charge in [0, 0.05) is 38.6 Å². The predicted molar refractivity (Wildman–Crippen MR) is 184 cm³/mol. The topological polar surface area (TPSA) is 80.6 Å². The summed E-state index contributed by atoms with van der Waals surface area (Å²) in [5.74, 6) is 0.771. The lowest BCUT2D eigenvalue weighted by Gasteiger charge is -2.19. The van der Waals surface area contributed by atoms with Gasteiger partial charge >= 0.3 is 6.03 Å². The van der Waals surface area contributed by atoms with Crippen LogP contribution in [0.4, 0.5) is 10.5 Å². The van der Waals surface area contributed by atoms with E-state index in [1.165, 1.54) is 0 Å². The molecule has 232 valence electrons. The molecular weight excluding hydrogens is 627 g/mol. The van der Waals surface area contributed by atoms with Crippen LogP contribution in [0.25, 0.3) is 11.0 Å². The number of rotatable bonds is 9. The molecule has 0 saturated carbocycles. The van der Waals surface area contributed by atoms with Gasteiger partial charge in [0.25, 0.3) is 5.91 Å². The van der Waals surface area contributed by atoms with Crippen molar-refractivity contribution in [1.82, 2.24) is 5.32 Å². The second-order valence-corrected chi connectivity index (χ2v) is 13.1. The molecule has 1 heterocycles. The fourth-order valence-electron chi connectivity index (χ4n) is 5.17. The second-order valence-electron chi connectivity index (χ2n) is 11.2. The van der Waals surface area contributed by atoms with Gasteiger partial charge in [-0.2, -0.15) is 0 Å².